The molecule has 1 saturated heterocycles. The van der Waals surface area contributed by atoms with Crippen molar-refractivity contribution in [2.75, 3.05) is 27.2 Å². The molecule has 0 saturated carbocycles. The van der Waals surface area contributed by atoms with Gasteiger partial charge in [-0.05, 0) is 58.2 Å². The van der Waals surface area contributed by atoms with Gasteiger partial charge in [-0.1, -0.05) is 18.2 Å². The highest BCUT2D eigenvalue weighted by Gasteiger charge is 2.56. The minimum absolute atomic E-state index is 0.0123. The summed E-state index contributed by atoms with van der Waals surface area (Å²) in [7, 11) is 3.52. The summed E-state index contributed by atoms with van der Waals surface area (Å²) < 4.78 is 5.56. The molecular weight excluding hydrogens is 418 g/mol. The highest BCUT2D eigenvalue weighted by Crippen LogP contribution is 2.48. The molecule has 2 aliphatic heterocycles. The number of benzene rings is 1. The highest BCUT2D eigenvalue weighted by atomic mass is 16.3. The summed E-state index contributed by atoms with van der Waals surface area (Å²) >= 11 is 0. The molecule has 0 radical (unpaired) electrons. The topological polar surface area (TPSA) is 74.1 Å². The molecule has 2 aliphatic rings. The van der Waals surface area contributed by atoms with E-state index in [4.69, 9.17) is 4.42 Å². The van der Waals surface area contributed by atoms with Crippen LogP contribution in [0.15, 0.2) is 34.7 Å². The van der Waals surface area contributed by atoms with E-state index in [9.17, 15) is 14.4 Å². The minimum Gasteiger partial charge on any atom is -0.466 e. The molecule has 7 nitrogen and oxygen atoms in total. The number of amides is 3. The zero-order valence-corrected chi connectivity index (χ0v) is 20.3. The molecule has 1 aromatic heterocycles. The van der Waals surface area contributed by atoms with E-state index in [2.05, 4.69) is 0 Å². The second kappa shape index (κ2) is 8.36. The summed E-state index contributed by atoms with van der Waals surface area (Å²) in [6.07, 6.45) is 1.08. The number of carbonyl (C=O) groups is 3. The number of rotatable bonds is 3. The fourth-order valence-electron chi connectivity index (χ4n) is 5.71. The van der Waals surface area contributed by atoms with Gasteiger partial charge in [-0.3, -0.25) is 14.4 Å². The molecule has 2 aromatic rings. The van der Waals surface area contributed by atoms with Crippen molar-refractivity contribution < 1.29 is 18.8 Å². The third-order valence-electron chi connectivity index (χ3n) is 7.13. The number of furan rings is 1. The van der Waals surface area contributed by atoms with E-state index in [1.807, 2.05) is 54.8 Å². The van der Waals surface area contributed by atoms with E-state index in [1.54, 1.807) is 32.0 Å². The van der Waals surface area contributed by atoms with Gasteiger partial charge in [-0.2, -0.15) is 0 Å². The van der Waals surface area contributed by atoms with E-state index in [1.165, 1.54) is 0 Å². The van der Waals surface area contributed by atoms with Gasteiger partial charge in [0.25, 0.3) is 11.8 Å². The van der Waals surface area contributed by atoms with E-state index in [0.717, 1.165) is 5.56 Å². The minimum atomic E-state index is -0.681. The van der Waals surface area contributed by atoms with Crippen LogP contribution >= 0.6 is 0 Å². The van der Waals surface area contributed by atoms with Crippen molar-refractivity contribution in [1.29, 1.82) is 0 Å². The van der Waals surface area contributed by atoms with Crippen molar-refractivity contribution in [3.63, 3.8) is 0 Å². The second-order valence-electron chi connectivity index (χ2n) is 9.74. The normalized spacial score (nSPS) is 19.7. The number of hydrogen-bond acceptors (Lipinski definition) is 4. The van der Waals surface area contributed by atoms with E-state index in [0.29, 0.717) is 48.6 Å². The lowest BCUT2D eigenvalue weighted by molar-refractivity contribution is -0.136. The standard InChI is InChI=1S/C26H33N3O4/c1-16(2)29-24(31)20-10-8-7-9-19(20)22(25(32)27(5)6)26(29)11-13-28(14-12-26)23(30)21-15-17(3)33-18(21)4/h7-10,15-16,22H,11-14H2,1-6H3. The van der Waals surface area contributed by atoms with Crippen LogP contribution in [0.3, 0.4) is 0 Å². The van der Waals surface area contributed by atoms with Gasteiger partial charge >= 0.3 is 0 Å². The van der Waals surface area contributed by atoms with Crippen LogP contribution in [0.25, 0.3) is 0 Å². The zero-order valence-electron chi connectivity index (χ0n) is 20.3. The SMILES string of the molecule is Cc1cc(C(=O)N2CCC3(CC2)C(C(=O)N(C)C)c2ccccc2C(=O)N3C(C)C)c(C)o1. The van der Waals surface area contributed by atoms with Crippen molar-refractivity contribution >= 4 is 17.7 Å². The van der Waals surface area contributed by atoms with Gasteiger partial charge in [0.1, 0.15) is 11.5 Å². The maximum absolute atomic E-state index is 13.7. The lowest BCUT2D eigenvalue weighted by atomic mass is 9.66. The predicted molar refractivity (Wildman–Crippen MR) is 125 cm³/mol. The third kappa shape index (κ3) is 3.63. The zero-order chi connectivity index (χ0) is 24.1. The summed E-state index contributed by atoms with van der Waals surface area (Å²) in [6.45, 7) is 8.57. The number of nitrogens with zero attached hydrogens (tertiary/aromatic N) is 3. The number of aryl methyl sites for hydroxylation is 2. The smallest absolute Gasteiger partial charge is 0.257 e. The summed E-state index contributed by atoms with van der Waals surface area (Å²) in [5.74, 6) is 0.740. The Hall–Kier alpha value is -3.09. The fraction of sp³-hybridized carbons (Fsp3) is 0.500. The quantitative estimate of drug-likeness (QED) is 0.715. The van der Waals surface area contributed by atoms with Crippen LogP contribution in [0, 0.1) is 13.8 Å². The Bertz CT molecular complexity index is 1090. The Labute approximate surface area is 195 Å². The van der Waals surface area contributed by atoms with Crippen molar-refractivity contribution in [2.45, 2.75) is 58.0 Å². The van der Waals surface area contributed by atoms with Crippen LogP contribution in [0.1, 0.15) is 70.4 Å². The van der Waals surface area contributed by atoms with Crippen LogP contribution in [-0.4, -0.2) is 71.2 Å². The van der Waals surface area contributed by atoms with Crippen molar-refractivity contribution in [2.24, 2.45) is 0 Å². The van der Waals surface area contributed by atoms with E-state index < -0.39 is 11.5 Å². The molecule has 1 atom stereocenters. The van der Waals surface area contributed by atoms with Crippen LogP contribution in [-0.2, 0) is 4.79 Å². The molecule has 1 spiro atoms. The number of likely N-dealkylation sites (N-methyl/N-ethyl adjacent to an activating group) is 1. The van der Waals surface area contributed by atoms with Crippen molar-refractivity contribution in [3.8, 4) is 0 Å². The highest BCUT2D eigenvalue weighted by molar-refractivity contribution is 6.02. The predicted octanol–water partition coefficient (Wildman–Crippen LogP) is 3.61. The maximum atomic E-state index is 13.7. The third-order valence-corrected chi connectivity index (χ3v) is 7.13. The number of piperidine rings is 1. The van der Waals surface area contributed by atoms with E-state index >= 15 is 0 Å². The first kappa shape index (κ1) is 23.1. The molecule has 4 rings (SSSR count). The Morgan fingerprint density at radius 2 is 1.76 bits per heavy atom. The number of fused-ring (bicyclic) bond motifs is 1. The van der Waals surface area contributed by atoms with Gasteiger partial charge < -0.3 is 19.1 Å². The Kier molecular flexibility index (Phi) is 5.85. The van der Waals surface area contributed by atoms with Crippen LogP contribution in [0.5, 0.6) is 0 Å². The number of carbonyl (C=O) groups excluding carboxylic acids is 3. The lowest BCUT2D eigenvalue weighted by Gasteiger charge is -2.56. The Morgan fingerprint density at radius 1 is 1.12 bits per heavy atom. The molecule has 3 amide bonds. The van der Waals surface area contributed by atoms with Crippen LogP contribution in [0.2, 0.25) is 0 Å². The molecule has 1 fully saturated rings. The van der Waals surface area contributed by atoms with Crippen molar-refractivity contribution in [1.82, 2.24) is 14.7 Å². The molecule has 0 aliphatic carbocycles. The van der Waals surface area contributed by atoms with Gasteiger partial charge in [-0.25, -0.2) is 0 Å². The molecule has 3 heterocycles. The van der Waals surface area contributed by atoms with Gasteiger partial charge in [0.2, 0.25) is 5.91 Å². The summed E-state index contributed by atoms with van der Waals surface area (Å²) in [6, 6.07) is 9.17. The fourth-order valence-corrected chi connectivity index (χ4v) is 5.71. The number of likely N-dealkylation sites (tertiary alicyclic amines) is 1. The number of hydrogen-bond donors (Lipinski definition) is 0. The molecule has 1 unspecified atom stereocenters. The van der Waals surface area contributed by atoms with E-state index in [-0.39, 0.29) is 23.8 Å². The second-order valence-corrected chi connectivity index (χ2v) is 9.74. The van der Waals surface area contributed by atoms with Crippen molar-refractivity contribution in [3.05, 3.63) is 58.5 Å². The van der Waals surface area contributed by atoms with Crippen LogP contribution in [0.4, 0.5) is 0 Å². The summed E-state index contributed by atoms with van der Waals surface area (Å²) in [4.78, 5) is 45.8. The molecular formula is C26H33N3O4. The Morgan fingerprint density at radius 3 is 2.30 bits per heavy atom. The molecule has 1 aromatic carbocycles. The summed E-state index contributed by atoms with van der Waals surface area (Å²) in [5, 5.41) is 0. The van der Waals surface area contributed by atoms with Gasteiger partial charge in [0, 0.05) is 38.8 Å². The maximum Gasteiger partial charge on any atom is 0.257 e. The molecule has 0 N–H and O–H groups in total. The molecule has 7 heteroatoms. The first-order valence-corrected chi connectivity index (χ1v) is 11.6. The average molecular weight is 452 g/mol. The monoisotopic (exact) mass is 451 g/mol. The molecule has 33 heavy (non-hydrogen) atoms. The van der Waals surface area contributed by atoms with Gasteiger partial charge in [0.15, 0.2) is 0 Å². The largest absolute Gasteiger partial charge is 0.466 e. The Balaban J connectivity index is 1.75. The first-order chi connectivity index (χ1) is 15.6. The van der Waals surface area contributed by atoms with Gasteiger partial charge in [-0.15, -0.1) is 0 Å². The molecule has 0 bridgehead atoms. The average Bonchev–Trinajstić information content (AvgIpc) is 3.11. The molecule has 176 valence electrons. The first-order valence-electron chi connectivity index (χ1n) is 11.6. The van der Waals surface area contributed by atoms with Crippen LogP contribution < -0.4 is 0 Å². The summed E-state index contributed by atoms with van der Waals surface area (Å²) in [5.41, 5.74) is 1.29. The van der Waals surface area contributed by atoms with Gasteiger partial charge in [0.05, 0.1) is 17.0 Å². The lowest BCUT2D eigenvalue weighted by Crippen LogP contribution is -2.67.